The molecule has 0 unspecified atom stereocenters. The van der Waals surface area contributed by atoms with Crippen molar-refractivity contribution in [1.82, 2.24) is 0 Å². The maximum Gasteiger partial charge on any atom is 1.00 e. The Hall–Kier alpha value is -1.21. The first-order chi connectivity index (χ1) is 10.5. The fraction of sp³-hybridized carbons (Fsp3) is 0.0588. The Morgan fingerprint density at radius 1 is 0.826 bits per heavy atom. The van der Waals surface area contributed by atoms with Gasteiger partial charge in [0.1, 0.15) is 0 Å². The molecule has 0 fully saturated rings. The van der Waals surface area contributed by atoms with Crippen molar-refractivity contribution >= 4 is 42.7 Å². The summed E-state index contributed by atoms with van der Waals surface area (Å²) in [5.41, 5.74) is 0.685. The molecule has 0 saturated heterocycles. The van der Waals surface area contributed by atoms with Gasteiger partial charge < -0.3 is 4.55 Å². The van der Waals surface area contributed by atoms with Crippen LogP contribution in [-0.4, -0.2) is 13.0 Å². The zero-order valence-electron chi connectivity index (χ0n) is 12.4. The molecule has 0 aromatic heterocycles. The molecular formula is C17H11NaO4S. The van der Waals surface area contributed by atoms with Gasteiger partial charge in [0.15, 0.2) is 0 Å². The summed E-state index contributed by atoms with van der Waals surface area (Å²) in [6.45, 7) is -0.250. The third-order valence-electron chi connectivity index (χ3n) is 3.98. The third kappa shape index (κ3) is 2.96. The van der Waals surface area contributed by atoms with Gasteiger partial charge in [-0.3, -0.25) is 4.18 Å². The average Bonchev–Trinajstić information content (AvgIpc) is 2.50. The van der Waals surface area contributed by atoms with Gasteiger partial charge in [-0.2, -0.15) is 0 Å². The molecule has 0 spiro atoms. The second-order valence-corrected chi connectivity index (χ2v) is 6.30. The number of benzene rings is 4. The van der Waals surface area contributed by atoms with Gasteiger partial charge >= 0.3 is 29.6 Å². The van der Waals surface area contributed by atoms with Crippen molar-refractivity contribution in [3.63, 3.8) is 0 Å². The quantitative estimate of drug-likeness (QED) is 0.238. The number of hydrogen-bond acceptors (Lipinski definition) is 4. The van der Waals surface area contributed by atoms with E-state index in [9.17, 15) is 13.0 Å². The van der Waals surface area contributed by atoms with Gasteiger partial charge in [-0.05, 0) is 37.9 Å². The SMILES string of the molecule is O=S(=O)([O-])OCc1ccc2ccc3cccc4ccc1c2c34.[Na+]. The standard InChI is InChI=1S/C17H12O4S.Na/c18-22(19,20)21-10-14-7-6-13-5-4-11-2-1-3-12-8-9-15(14)17(13)16(11)12;/h1-9H,10H2,(H,18,19,20);/q;+1/p-1. The molecule has 0 atom stereocenters. The normalized spacial score (nSPS) is 12.0. The zero-order chi connectivity index (χ0) is 15.3. The Bertz CT molecular complexity index is 1090. The van der Waals surface area contributed by atoms with Gasteiger partial charge in [0.05, 0.1) is 6.61 Å². The Morgan fingerprint density at radius 3 is 2.04 bits per heavy atom. The van der Waals surface area contributed by atoms with Crippen molar-refractivity contribution in [2.24, 2.45) is 0 Å². The molecule has 4 aromatic carbocycles. The first-order valence-corrected chi connectivity index (χ1v) is 8.12. The molecule has 0 aliphatic heterocycles. The van der Waals surface area contributed by atoms with E-state index in [0.29, 0.717) is 5.56 Å². The smallest absolute Gasteiger partial charge is 0.726 e. The molecule has 110 valence electrons. The first-order valence-electron chi connectivity index (χ1n) is 6.78. The summed E-state index contributed by atoms with van der Waals surface area (Å²) < 4.78 is 36.5. The van der Waals surface area contributed by atoms with E-state index in [-0.39, 0.29) is 36.2 Å². The van der Waals surface area contributed by atoms with Crippen LogP contribution in [0.3, 0.4) is 0 Å². The summed E-state index contributed by atoms with van der Waals surface area (Å²) in [5, 5.41) is 6.46. The summed E-state index contributed by atoms with van der Waals surface area (Å²) in [7, 11) is -4.70. The molecule has 4 rings (SSSR count). The van der Waals surface area contributed by atoms with Gasteiger partial charge in [-0.1, -0.05) is 54.6 Å². The van der Waals surface area contributed by atoms with Crippen LogP contribution in [-0.2, 0) is 21.2 Å². The van der Waals surface area contributed by atoms with Gasteiger partial charge in [-0.25, -0.2) is 8.42 Å². The number of rotatable bonds is 3. The second-order valence-electron chi connectivity index (χ2n) is 5.25. The molecule has 0 N–H and O–H groups in total. The van der Waals surface area contributed by atoms with Crippen LogP contribution in [0.1, 0.15) is 5.56 Å². The van der Waals surface area contributed by atoms with Gasteiger partial charge in [0.25, 0.3) is 0 Å². The molecule has 0 saturated carbocycles. The molecule has 4 nitrogen and oxygen atoms in total. The first kappa shape index (κ1) is 16.6. The molecule has 23 heavy (non-hydrogen) atoms. The molecule has 0 heterocycles. The fourth-order valence-corrected chi connectivity index (χ4v) is 3.33. The molecule has 0 aliphatic rings. The molecule has 0 radical (unpaired) electrons. The van der Waals surface area contributed by atoms with Gasteiger partial charge in [0, 0.05) is 0 Å². The van der Waals surface area contributed by atoms with E-state index in [0.717, 1.165) is 32.3 Å². The molecule has 6 heteroatoms. The minimum atomic E-state index is -4.70. The van der Waals surface area contributed by atoms with Crippen LogP contribution in [0.5, 0.6) is 0 Å². The van der Waals surface area contributed by atoms with Crippen molar-refractivity contribution in [2.75, 3.05) is 0 Å². The van der Waals surface area contributed by atoms with E-state index in [1.807, 2.05) is 42.5 Å². The van der Waals surface area contributed by atoms with E-state index < -0.39 is 10.4 Å². The molecule has 0 amide bonds. The fourth-order valence-electron chi connectivity index (χ4n) is 3.06. The van der Waals surface area contributed by atoms with Crippen LogP contribution >= 0.6 is 0 Å². The third-order valence-corrected chi connectivity index (χ3v) is 4.38. The molecular weight excluding hydrogens is 323 g/mol. The van der Waals surface area contributed by atoms with Crippen molar-refractivity contribution in [3.05, 3.63) is 60.2 Å². The Balaban J connectivity index is 0.00000156. The van der Waals surface area contributed by atoms with E-state index in [1.165, 1.54) is 0 Å². The average molecular weight is 334 g/mol. The molecule has 0 bridgehead atoms. The Kier molecular flexibility index (Phi) is 4.35. The summed E-state index contributed by atoms with van der Waals surface area (Å²) in [4.78, 5) is 0. The van der Waals surface area contributed by atoms with E-state index >= 15 is 0 Å². The maximum absolute atomic E-state index is 10.7. The minimum absolute atomic E-state index is 0. The van der Waals surface area contributed by atoms with Gasteiger partial charge in [0.2, 0.25) is 10.4 Å². The second kappa shape index (κ2) is 6.02. The van der Waals surface area contributed by atoms with E-state index in [1.54, 1.807) is 6.07 Å². The summed E-state index contributed by atoms with van der Waals surface area (Å²) >= 11 is 0. The predicted molar refractivity (Wildman–Crippen MR) is 84.6 cm³/mol. The van der Waals surface area contributed by atoms with Crippen molar-refractivity contribution < 1.29 is 46.7 Å². The van der Waals surface area contributed by atoms with Crippen molar-refractivity contribution in [3.8, 4) is 0 Å². The Morgan fingerprint density at radius 2 is 1.39 bits per heavy atom. The van der Waals surface area contributed by atoms with Crippen LogP contribution in [0.15, 0.2) is 54.6 Å². The predicted octanol–water partition coefficient (Wildman–Crippen LogP) is 0.565. The summed E-state index contributed by atoms with van der Waals surface area (Å²) in [6, 6.07) is 17.9. The summed E-state index contributed by atoms with van der Waals surface area (Å²) in [5.74, 6) is 0. The van der Waals surface area contributed by atoms with Crippen LogP contribution < -0.4 is 29.6 Å². The largest absolute Gasteiger partial charge is 1.00 e. The summed E-state index contributed by atoms with van der Waals surface area (Å²) in [6.07, 6.45) is 0. The Labute approximate surface area is 155 Å². The van der Waals surface area contributed by atoms with E-state index in [2.05, 4.69) is 10.2 Å². The van der Waals surface area contributed by atoms with Crippen molar-refractivity contribution in [2.45, 2.75) is 6.61 Å². The van der Waals surface area contributed by atoms with Crippen LogP contribution in [0.4, 0.5) is 0 Å². The zero-order valence-corrected chi connectivity index (χ0v) is 15.3. The number of hydrogen-bond donors (Lipinski definition) is 0. The molecule has 0 aliphatic carbocycles. The minimum Gasteiger partial charge on any atom is -0.726 e. The molecule has 4 aromatic rings. The monoisotopic (exact) mass is 334 g/mol. The van der Waals surface area contributed by atoms with Crippen LogP contribution in [0.2, 0.25) is 0 Å². The maximum atomic E-state index is 10.7. The van der Waals surface area contributed by atoms with E-state index in [4.69, 9.17) is 0 Å². The topological polar surface area (TPSA) is 66.4 Å². The van der Waals surface area contributed by atoms with Crippen LogP contribution in [0.25, 0.3) is 32.3 Å². The van der Waals surface area contributed by atoms with Crippen molar-refractivity contribution in [1.29, 1.82) is 0 Å². The van der Waals surface area contributed by atoms with Gasteiger partial charge in [-0.15, -0.1) is 0 Å². The van der Waals surface area contributed by atoms with Crippen LogP contribution in [0, 0.1) is 0 Å².